The molecule has 0 bridgehead atoms. The van der Waals surface area contributed by atoms with Gasteiger partial charge < -0.3 is 14.4 Å². The highest BCUT2D eigenvalue weighted by Crippen LogP contribution is 2.32. The lowest BCUT2D eigenvalue weighted by atomic mass is 10.1. The average molecular weight is 404 g/mol. The number of anilines is 1. The van der Waals surface area contributed by atoms with E-state index in [1.165, 1.54) is 20.1 Å². The molecule has 28 heavy (non-hydrogen) atoms. The summed E-state index contributed by atoms with van der Waals surface area (Å²) in [5, 5.41) is 0. The maximum absolute atomic E-state index is 12.9. The lowest BCUT2D eigenvalue weighted by molar-refractivity contribution is -0.116. The Kier molecular flexibility index (Phi) is 5.62. The number of amides is 1. The molecule has 0 spiro atoms. The second-order valence-electron chi connectivity index (χ2n) is 6.66. The Bertz CT molecular complexity index is 1000. The fourth-order valence-corrected chi connectivity index (χ4v) is 4.69. The quantitative estimate of drug-likeness (QED) is 0.800. The lowest BCUT2D eigenvalue weighted by Crippen LogP contribution is -2.27. The first-order valence-electron chi connectivity index (χ1n) is 8.92. The summed E-state index contributed by atoms with van der Waals surface area (Å²) in [7, 11) is -0.675. The zero-order valence-corrected chi connectivity index (χ0v) is 17.2. The van der Waals surface area contributed by atoms with Crippen LogP contribution in [0.15, 0.2) is 41.3 Å². The molecule has 0 aromatic heterocycles. The number of hydrogen-bond acceptors (Lipinski definition) is 5. The van der Waals surface area contributed by atoms with E-state index in [-0.39, 0.29) is 10.8 Å². The third-order valence-corrected chi connectivity index (χ3v) is 6.41. The second kappa shape index (κ2) is 7.81. The Balaban J connectivity index is 1.88. The summed E-state index contributed by atoms with van der Waals surface area (Å²) < 4.78 is 39.1. The van der Waals surface area contributed by atoms with Crippen molar-refractivity contribution in [3.05, 3.63) is 47.5 Å². The van der Waals surface area contributed by atoms with Crippen molar-refractivity contribution >= 4 is 21.6 Å². The highest BCUT2D eigenvalue weighted by atomic mass is 32.2. The van der Waals surface area contributed by atoms with Gasteiger partial charge in [-0.3, -0.25) is 4.79 Å². The molecule has 1 aliphatic heterocycles. The highest BCUT2D eigenvalue weighted by Gasteiger charge is 2.26. The highest BCUT2D eigenvalue weighted by molar-refractivity contribution is 7.89. The molecular weight excluding hydrogens is 380 g/mol. The molecule has 0 saturated heterocycles. The number of rotatable bonds is 6. The van der Waals surface area contributed by atoms with E-state index in [0.717, 1.165) is 11.3 Å². The molecule has 1 N–H and O–H groups in total. The minimum absolute atomic E-state index is 0.0498. The maximum Gasteiger partial charge on any atom is 0.241 e. The van der Waals surface area contributed by atoms with Gasteiger partial charge in [0.25, 0.3) is 0 Å². The van der Waals surface area contributed by atoms with Crippen LogP contribution < -0.4 is 19.1 Å². The van der Waals surface area contributed by atoms with E-state index in [9.17, 15) is 13.2 Å². The van der Waals surface area contributed by atoms with Crippen LogP contribution in [0.5, 0.6) is 11.5 Å². The van der Waals surface area contributed by atoms with Crippen molar-refractivity contribution in [2.75, 3.05) is 25.7 Å². The number of benzene rings is 2. The van der Waals surface area contributed by atoms with Crippen molar-refractivity contribution in [3.63, 3.8) is 0 Å². The van der Waals surface area contributed by atoms with Gasteiger partial charge in [-0.25, -0.2) is 13.1 Å². The molecule has 1 amide bonds. The number of nitrogens with zero attached hydrogens (tertiary/aromatic N) is 1. The third kappa shape index (κ3) is 3.83. The lowest BCUT2D eigenvalue weighted by Gasteiger charge is -2.19. The number of carbonyl (C=O) groups excluding carboxylic acids is 1. The number of fused-ring (bicyclic) bond motifs is 1. The molecule has 0 aliphatic carbocycles. The SMILES string of the molecule is COc1ccc(OC)c([C@@H](C)NS(=O)(=O)c2ccc3c(c2)CCN3C(C)=O)c1. The summed E-state index contributed by atoms with van der Waals surface area (Å²) in [5.74, 6) is 1.14. The van der Waals surface area contributed by atoms with Crippen molar-refractivity contribution in [3.8, 4) is 11.5 Å². The van der Waals surface area contributed by atoms with E-state index in [4.69, 9.17) is 9.47 Å². The summed E-state index contributed by atoms with van der Waals surface area (Å²) in [5.41, 5.74) is 2.30. The third-order valence-electron chi connectivity index (χ3n) is 4.87. The number of nitrogens with one attached hydrogen (secondary N) is 1. The summed E-state index contributed by atoms with van der Waals surface area (Å²) in [6, 6.07) is 9.56. The molecule has 7 nitrogen and oxygen atoms in total. The topological polar surface area (TPSA) is 84.9 Å². The van der Waals surface area contributed by atoms with Gasteiger partial charge in [0.15, 0.2) is 0 Å². The van der Waals surface area contributed by atoms with Crippen molar-refractivity contribution < 1.29 is 22.7 Å². The number of carbonyl (C=O) groups is 1. The van der Waals surface area contributed by atoms with Gasteiger partial charge in [-0.15, -0.1) is 0 Å². The normalized spacial score (nSPS) is 14.5. The van der Waals surface area contributed by atoms with E-state index < -0.39 is 16.1 Å². The predicted molar refractivity (Wildman–Crippen MR) is 106 cm³/mol. The van der Waals surface area contributed by atoms with Gasteiger partial charge in [-0.05, 0) is 55.3 Å². The van der Waals surface area contributed by atoms with E-state index in [0.29, 0.717) is 30.0 Å². The van der Waals surface area contributed by atoms with E-state index in [2.05, 4.69) is 4.72 Å². The molecule has 0 radical (unpaired) electrons. The molecule has 0 unspecified atom stereocenters. The van der Waals surface area contributed by atoms with Crippen LogP contribution in [0.2, 0.25) is 0 Å². The fourth-order valence-electron chi connectivity index (χ4n) is 3.41. The number of methoxy groups -OCH3 is 2. The first kappa shape index (κ1) is 20.2. The van der Waals surface area contributed by atoms with Gasteiger partial charge in [-0.1, -0.05) is 0 Å². The molecule has 8 heteroatoms. The monoisotopic (exact) mass is 404 g/mol. The van der Waals surface area contributed by atoms with Crippen molar-refractivity contribution in [2.24, 2.45) is 0 Å². The molecule has 2 aromatic rings. The summed E-state index contributed by atoms with van der Waals surface area (Å²) in [6.45, 7) is 3.82. The minimum Gasteiger partial charge on any atom is -0.497 e. The smallest absolute Gasteiger partial charge is 0.241 e. The van der Waals surface area contributed by atoms with Crippen molar-refractivity contribution in [1.29, 1.82) is 0 Å². The molecule has 1 atom stereocenters. The van der Waals surface area contributed by atoms with Crippen molar-refractivity contribution in [1.82, 2.24) is 4.72 Å². The van der Waals surface area contributed by atoms with Gasteiger partial charge >= 0.3 is 0 Å². The van der Waals surface area contributed by atoms with Crippen LogP contribution in [0.25, 0.3) is 0 Å². The molecular formula is C20H24N2O5S. The van der Waals surface area contributed by atoms with Crippen LogP contribution >= 0.6 is 0 Å². The van der Waals surface area contributed by atoms with E-state index in [1.807, 2.05) is 0 Å². The molecule has 0 saturated carbocycles. The Morgan fingerprint density at radius 3 is 2.54 bits per heavy atom. The molecule has 2 aromatic carbocycles. The molecule has 0 fully saturated rings. The Morgan fingerprint density at radius 1 is 1.14 bits per heavy atom. The van der Waals surface area contributed by atoms with Gasteiger partial charge in [0, 0.05) is 30.8 Å². The molecule has 1 heterocycles. The first-order chi connectivity index (χ1) is 13.3. The Hall–Kier alpha value is -2.58. The van der Waals surface area contributed by atoms with Gasteiger partial charge in [0.05, 0.1) is 19.1 Å². The maximum atomic E-state index is 12.9. The molecule has 150 valence electrons. The molecule has 3 rings (SSSR count). The van der Waals surface area contributed by atoms with E-state index >= 15 is 0 Å². The minimum atomic E-state index is -3.76. The largest absolute Gasteiger partial charge is 0.497 e. The van der Waals surface area contributed by atoms with Crippen LogP contribution in [0, 0.1) is 0 Å². The zero-order valence-electron chi connectivity index (χ0n) is 16.4. The van der Waals surface area contributed by atoms with Gasteiger partial charge in [0.1, 0.15) is 11.5 Å². The number of ether oxygens (including phenoxy) is 2. The average Bonchev–Trinajstić information content (AvgIpc) is 3.10. The van der Waals surface area contributed by atoms with Crippen LogP contribution in [-0.2, 0) is 21.2 Å². The van der Waals surface area contributed by atoms with Gasteiger partial charge in [0.2, 0.25) is 15.9 Å². The summed E-state index contributed by atoms with van der Waals surface area (Å²) >= 11 is 0. The number of hydrogen-bond donors (Lipinski definition) is 1. The summed E-state index contributed by atoms with van der Waals surface area (Å²) in [6.07, 6.45) is 0.636. The van der Waals surface area contributed by atoms with Crippen LogP contribution in [0.3, 0.4) is 0 Å². The van der Waals surface area contributed by atoms with E-state index in [1.54, 1.807) is 49.3 Å². The van der Waals surface area contributed by atoms with Crippen LogP contribution in [-0.4, -0.2) is 35.1 Å². The predicted octanol–water partition coefficient (Wildman–Crippen LogP) is 2.65. The second-order valence-corrected chi connectivity index (χ2v) is 8.38. The van der Waals surface area contributed by atoms with Crippen molar-refractivity contribution in [2.45, 2.75) is 31.2 Å². The fraction of sp³-hybridized carbons (Fsp3) is 0.350. The summed E-state index contributed by atoms with van der Waals surface area (Å²) in [4.78, 5) is 13.5. The van der Waals surface area contributed by atoms with Crippen LogP contribution in [0.4, 0.5) is 5.69 Å². The molecule has 1 aliphatic rings. The van der Waals surface area contributed by atoms with Gasteiger partial charge in [-0.2, -0.15) is 0 Å². The zero-order chi connectivity index (χ0) is 20.5. The van der Waals surface area contributed by atoms with Crippen LogP contribution in [0.1, 0.15) is 31.0 Å². The first-order valence-corrected chi connectivity index (χ1v) is 10.4. The Labute approximate surface area is 165 Å². The standard InChI is InChI=1S/C20H24N2O5S/c1-13(18-12-16(26-3)5-8-20(18)27-4)21-28(24,25)17-6-7-19-15(11-17)9-10-22(19)14(2)23/h5-8,11-13,21H,9-10H2,1-4H3/t13-/m1/s1. The number of sulfonamides is 1. The Morgan fingerprint density at radius 2 is 1.89 bits per heavy atom.